The predicted octanol–water partition coefficient (Wildman–Crippen LogP) is 2.50. The van der Waals surface area contributed by atoms with Gasteiger partial charge in [0.15, 0.2) is 5.96 Å². The second kappa shape index (κ2) is 9.84. The van der Waals surface area contributed by atoms with Crippen molar-refractivity contribution < 1.29 is 9.18 Å². The largest absolute Gasteiger partial charge is 0.357 e. The molecular weight excluding hydrogens is 331 g/mol. The van der Waals surface area contributed by atoms with E-state index in [9.17, 15) is 9.18 Å². The monoisotopic (exact) mass is 352 g/mol. The topological polar surface area (TPSA) is 65.5 Å². The summed E-state index contributed by atoms with van der Waals surface area (Å²) in [6.45, 7) is 2.90. The molecule has 0 atom stereocenters. The van der Waals surface area contributed by atoms with Crippen molar-refractivity contribution in [1.82, 2.24) is 10.6 Å². The molecule has 3 N–H and O–H groups in total. The Morgan fingerprint density at radius 3 is 2.73 bits per heavy atom. The molecule has 0 saturated heterocycles. The van der Waals surface area contributed by atoms with Gasteiger partial charge < -0.3 is 16.0 Å². The van der Waals surface area contributed by atoms with E-state index < -0.39 is 0 Å². The van der Waals surface area contributed by atoms with Crippen molar-refractivity contribution in [3.05, 3.63) is 65.5 Å². The molecule has 26 heavy (non-hydrogen) atoms. The zero-order valence-corrected chi connectivity index (χ0v) is 14.6. The van der Waals surface area contributed by atoms with Crippen LogP contribution in [0.5, 0.6) is 0 Å². The van der Waals surface area contributed by atoms with Crippen LogP contribution in [0, 0.1) is 18.2 Å². The fourth-order valence-corrected chi connectivity index (χ4v) is 2.20. The van der Waals surface area contributed by atoms with Crippen LogP contribution in [-0.2, 0) is 11.3 Å². The van der Waals surface area contributed by atoms with Gasteiger partial charge in [-0.15, -0.1) is 6.42 Å². The zero-order valence-electron chi connectivity index (χ0n) is 14.6. The number of terminal acetylenes is 1. The number of hydrogen-bond acceptors (Lipinski definition) is 2. The molecule has 2 rings (SSSR count). The van der Waals surface area contributed by atoms with Crippen molar-refractivity contribution in [2.75, 3.05) is 18.4 Å². The summed E-state index contributed by atoms with van der Waals surface area (Å²) in [7, 11) is 0. The molecular formula is C20H21FN4O. The van der Waals surface area contributed by atoms with E-state index in [0.717, 1.165) is 5.56 Å². The van der Waals surface area contributed by atoms with Crippen LogP contribution in [0.15, 0.2) is 53.5 Å². The molecule has 0 heterocycles. The quantitative estimate of drug-likeness (QED) is 0.425. The summed E-state index contributed by atoms with van der Waals surface area (Å²) in [5, 5.41) is 8.76. The van der Waals surface area contributed by atoms with Gasteiger partial charge in [-0.3, -0.25) is 4.79 Å². The van der Waals surface area contributed by atoms with Gasteiger partial charge >= 0.3 is 0 Å². The number of aliphatic imine (C=N–C) groups is 1. The molecule has 0 aliphatic carbocycles. The number of amides is 1. The molecule has 0 spiro atoms. The first-order valence-electron chi connectivity index (χ1n) is 8.24. The molecule has 6 heteroatoms. The highest BCUT2D eigenvalue weighted by Gasteiger charge is 2.05. The summed E-state index contributed by atoms with van der Waals surface area (Å²) >= 11 is 0. The van der Waals surface area contributed by atoms with Crippen LogP contribution in [0.2, 0.25) is 0 Å². The van der Waals surface area contributed by atoms with E-state index in [4.69, 9.17) is 6.42 Å². The van der Waals surface area contributed by atoms with E-state index in [0.29, 0.717) is 30.3 Å². The van der Waals surface area contributed by atoms with Crippen LogP contribution < -0.4 is 16.0 Å². The van der Waals surface area contributed by atoms with Crippen molar-refractivity contribution in [2.45, 2.75) is 13.5 Å². The van der Waals surface area contributed by atoms with Gasteiger partial charge in [0, 0.05) is 17.8 Å². The van der Waals surface area contributed by atoms with E-state index >= 15 is 0 Å². The number of nitrogens with one attached hydrogen (secondary N) is 3. The molecule has 1 amide bonds. The van der Waals surface area contributed by atoms with Crippen LogP contribution >= 0.6 is 0 Å². The first kappa shape index (κ1) is 19.0. The number of halogens is 1. The van der Waals surface area contributed by atoms with Crippen molar-refractivity contribution >= 4 is 17.6 Å². The molecule has 0 fully saturated rings. The lowest BCUT2D eigenvalue weighted by Crippen LogP contribution is -2.41. The van der Waals surface area contributed by atoms with E-state index in [1.807, 2.05) is 6.92 Å². The Hall–Kier alpha value is -3.33. The number of rotatable bonds is 6. The smallest absolute Gasteiger partial charge is 0.243 e. The molecule has 0 aromatic heterocycles. The molecule has 0 saturated carbocycles. The van der Waals surface area contributed by atoms with Crippen molar-refractivity contribution in [2.24, 2.45) is 4.99 Å². The number of carbonyl (C=O) groups is 1. The highest BCUT2D eigenvalue weighted by atomic mass is 19.1. The van der Waals surface area contributed by atoms with E-state index in [1.54, 1.807) is 36.4 Å². The average molecular weight is 352 g/mol. The summed E-state index contributed by atoms with van der Waals surface area (Å²) in [5.74, 6) is 2.47. The summed E-state index contributed by atoms with van der Waals surface area (Å²) in [6.07, 6.45) is 5.35. The Morgan fingerprint density at radius 1 is 1.19 bits per heavy atom. The second-order valence-electron chi connectivity index (χ2n) is 5.45. The van der Waals surface area contributed by atoms with Gasteiger partial charge in [-0.1, -0.05) is 24.1 Å². The van der Waals surface area contributed by atoms with Gasteiger partial charge in [-0.25, -0.2) is 9.38 Å². The maximum absolute atomic E-state index is 13.2. The van der Waals surface area contributed by atoms with Gasteiger partial charge in [0.25, 0.3) is 0 Å². The lowest BCUT2D eigenvalue weighted by molar-refractivity contribution is -0.115. The fourth-order valence-electron chi connectivity index (χ4n) is 2.20. The van der Waals surface area contributed by atoms with Crippen molar-refractivity contribution in [3.8, 4) is 12.3 Å². The van der Waals surface area contributed by atoms with Crippen LogP contribution in [-0.4, -0.2) is 25.0 Å². The Morgan fingerprint density at radius 2 is 2.00 bits per heavy atom. The van der Waals surface area contributed by atoms with Crippen molar-refractivity contribution in [1.29, 1.82) is 0 Å². The first-order chi connectivity index (χ1) is 12.6. The maximum atomic E-state index is 13.2. The third kappa shape index (κ3) is 6.29. The van der Waals surface area contributed by atoms with Crippen molar-refractivity contribution in [3.63, 3.8) is 0 Å². The standard InChI is InChI=1S/C20H21FN4O/c1-3-15-7-6-10-18(12-15)25-19(26)14-24-20(22-4-2)23-13-16-8-5-9-17(21)11-16/h1,5-12H,4,13-14H2,2H3,(H,25,26)(H2,22,23,24). The van der Waals surface area contributed by atoms with Crippen LogP contribution in [0.25, 0.3) is 0 Å². The molecule has 134 valence electrons. The number of carbonyl (C=O) groups excluding carboxylic acids is 1. The minimum atomic E-state index is -0.302. The number of anilines is 1. The highest BCUT2D eigenvalue weighted by Crippen LogP contribution is 2.09. The number of hydrogen-bond donors (Lipinski definition) is 3. The van der Waals surface area contributed by atoms with E-state index in [-0.39, 0.29) is 18.3 Å². The average Bonchev–Trinajstić information content (AvgIpc) is 2.64. The Bertz CT molecular complexity index is 827. The van der Waals surface area contributed by atoms with E-state index in [1.165, 1.54) is 12.1 Å². The molecule has 0 radical (unpaired) electrons. The molecule has 0 aliphatic rings. The Kier molecular flexibility index (Phi) is 7.19. The predicted molar refractivity (Wildman–Crippen MR) is 102 cm³/mol. The second-order valence-corrected chi connectivity index (χ2v) is 5.45. The van der Waals surface area contributed by atoms with Gasteiger partial charge in [0.2, 0.25) is 5.91 Å². The summed E-state index contributed by atoms with van der Waals surface area (Å²) in [4.78, 5) is 16.4. The lowest BCUT2D eigenvalue weighted by atomic mass is 10.2. The van der Waals surface area contributed by atoms with Crippen LogP contribution in [0.4, 0.5) is 10.1 Å². The van der Waals surface area contributed by atoms with Gasteiger partial charge in [0.1, 0.15) is 5.82 Å². The first-order valence-corrected chi connectivity index (χ1v) is 8.24. The Balaban J connectivity index is 1.91. The minimum Gasteiger partial charge on any atom is -0.357 e. The van der Waals surface area contributed by atoms with Crippen LogP contribution in [0.3, 0.4) is 0 Å². The van der Waals surface area contributed by atoms with E-state index in [2.05, 4.69) is 26.9 Å². The molecule has 0 unspecified atom stereocenters. The minimum absolute atomic E-state index is 0.0370. The Labute approximate surface area is 152 Å². The molecule has 2 aromatic rings. The SMILES string of the molecule is C#Cc1cccc(NC(=O)CNC(=NCc2cccc(F)c2)NCC)c1. The number of benzene rings is 2. The normalized spacial score (nSPS) is 10.7. The number of guanidine groups is 1. The fraction of sp³-hybridized carbons (Fsp3) is 0.200. The zero-order chi connectivity index (χ0) is 18.8. The summed E-state index contributed by atoms with van der Waals surface area (Å²) in [5.41, 5.74) is 2.08. The molecule has 0 bridgehead atoms. The highest BCUT2D eigenvalue weighted by molar-refractivity contribution is 5.95. The number of nitrogens with zero attached hydrogens (tertiary/aromatic N) is 1. The summed E-state index contributed by atoms with van der Waals surface area (Å²) in [6, 6.07) is 13.3. The van der Waals surface area contributed by atoms with Gasteiger partial charge in [-0.05, 0) is 42.8 Å². The third-order valence-corrected chi connectivity index (χ3v) is 3.38. The molecule has 2 aromatic carbocycles. The lowest BCUT2D eigenvalue weighted by Gasteiger charge is -2.12. The van der Waals surface area contributed by atoms with Gasteiger partial charge in [-0.2, -0.15) is 0 Å². The molecule has 0 aliphatic heterocycles. The third-order valence-electron chi connectivity index (χ3n) is 3.38. The molecule has 5 nitrogen and oxygen atoms in total. The summed E-state index contributed by atoms with van der Waals surface area (Å²) < 4.78 is 13.2. The van der Waals surface area contributed by atoms with Crippen LogP contribution in [0.1, 0.15) is 18.1 Å². The maximum Gasteiger partial charge on any atom is 0.243 e. The van der Waals surface area contributed by atoms with Gasteiger partial charge in [0.05, 0.1) is 13.1 Å².